The maximum atomic E-state index is 2.42. The summed E-state index contributed by atoms with van der Waals surface area (Å²) in [5, 5.41) is 0. The standard InChI is InChI=1S/3C8H17N.4CH4/c3*1-7(2)8-4-5-9(3)6-8;;;;/h3*7-8H,4-6H2,1-3H3;4*1H4/t2*8-;;;;;/m10...../s1. The van der Waals surface area contributed by atoms with Crippen LogP contribution in [0.2, 0.25) is 0 Å². The predicted octanol–water partition coefficient (Wildman–Crippen LogP) is 7.33. The molecule has 0 aromatic carbocycles. The Labute approximate surface area is 201 Å². The molecule has 0 N–H and O–H groups in total. The first-order valence-corrected chi connectivity index (χ1v) is 11.7. The van der Waals surface area contributed by atoms with Crippen molar-refractivity contribution in [2.24, 2.45) is 35.5 Å². The fourth-order valence-corrected chi connectivity index (χ4v) is 4.54. The summed E-state index contributed by atoms with van der Waals surface area (Å²) in [6, 6.07) is 0. The van der Waals surface area contributed by atoms with Crippen molar-refractivity contribution in [2.75, 3.05) is 60.4 Å². The van der Waals surface area contributed by atoms with Crippen molar-refractivity contribution in [1.82, 2.24) is 14.7 Å². The number of hydrogen-bond acceptors (Lipinski definition) is 3. The number of hydrogen-bond donors (Lipinski definition) is 0. The van der Waals surface area contributed by atoms with Crippen molar-refractivity contribution >= 4 is 0 Å². The zero-order valence-electron chi connectivity index (χ0n) is 20.2. The van der Waals surface area contributed by atoms with Crippen molar-refractivity contribution in [2.45, 2.75) is 90.5 Å². The first-order chi connectivity index (χ1) is 12.6. The van der Waals surface area contributed by atoms with Crippen molar-refractivity contribution in [3.63, 3.8) is 0 Å². The van der Waals surface area contributed by atoms with Crippen molar-refractivity contribution in [1.29, 1.82) is 0 Å². The topological polar surface area (TPSA) is 9.72 Å². The summed E-state index contributed by atoms with van der Waals surface area (Å²) in [6.07, 6.45) is 4.23. The van der Waals surface area contributed by atoms with Crippen LogP contribution in [0, 0.1) is 35.5 Å². The molecule has 3 fully saturated rings. The average Bonchev–Trinajstić information content (AvgIpc) is 3.30. The molecule has 194 valence electrons. The summed E-state index contributed by atoms with van der Waals surface area (Å²) in [5.41, 5.74) is 0. The molecular formula is C28H67N3. The highest BCUT2D eigenvalue weighted by molar-refractivity contribution is 4.76. The lowest BCUT2D eigenvalue weighted by molar-refractivity contribution is 0.352. The number of rotatable bonds is 3. The van der Waals surface area contributed by atoms with E-state index in [1.807, 2.05) is 0 Å². The Morgan fingerprint density at radius 1 is 0.452 bits per heavy atom. The summed E-state index contributed by atoms with van der Waals surface area (Å²) < 4.78 is 0. The normalized spacial score (nSPS) is 26.1. The van der Waals surface area contributed by atoms with Crippen LogP contribution in [0.5, 0.6) is 0 Å². The largest absolute Gasteiger partial charge is 0.306 e. The lowest BCUT2D eigenvalue weighted by Gasteiger charge is -2.13. The van der Waals surface area contributed by atoms with E-state index < -0.39 is 0 Å². The number of likely N-dealkylation sites (tertiary alicyclic amines) is 3. The minimum absolute atomic E-state index is 0. The monoisotopic (exact) mass is 446 g/mol. The molecule has 1 unspecified atom stereocenters. The Morgan fingerprint density at radius 3 is 0.710 bits per heavy atom. The van der Waals surface area contributed by atoms with E-state index in [0.29, 0.717) is 0 Å². The molecular weight excluding hydrogens is 378 g/mol. The Kier molecular flexibility index (Phi) is 23.8. The van der Waals surface area contributed by atoms with Gasteiger partial charge < -0.3 is 14.7 Å². The molecule has 0 spiro atoms. The summed E-state index contributed by atoms with van der Waals surface area (Å²) in [7, 11) is 6.63. The second-order valence-corrected chi connectivity index (χ2v) is 10.7. The van der Waals surface area contributed by atoms with E-state index in [2.05, 4.69) is 77.4 Å². The fourth-order valence-electron chi connectivity index (χ4n) is 4.54. The Bertz CT molecular complexity index is 323. The van der Waals surface area contributed by atoms with Gasteiger partial charge in [0.15, 0.2) is 0 Å². The SMILES string of the molecule is C.C.C.C.CC(C)C1CCN(C)C1.CC(C)[C@@H]1CCN(C)C1.CC(C)[C@H]1CCN(C)C1. The lowest BCUT2D eigenvalue weighted by atomic mass is 9.95. The summed E-state index contributed by atoms with van der Waals surface area (Å²) in [5.74, 6) is 5.56. The molecule has 3 saturated heterocycles. The van der Waals surface area contributed by atoms with E-state index in [1.54, 1.807) is 0 Å². The van der Waals surface area contributed by atoms with Crippen LogP contribution in [-0.4, -0.2) is 75.1 Å². The predicted molar refractivity (Wildman–Crippen MR) is 148 cm³/mol. The highest BCUT2D eigenvalue weighted by Gasteiger charge is 2.22. The molecule has 31 heavy (non-hydrogen) atoms. The maximum absolute atomic E-state index is 2.42. The van der Waals surface area contributed by atoms with Crippen LogP contribution >= 0.6 is 0 Å². The zero-order valence-corrected chi connectivity index (χ0v) is 20.2. The van der Waals surface area contributed by atoms with E-state index in [0.717, 1.165) is 35.5 Å². The molecule has 3 atom stereocenters. The van der Waals surface area contributed by atoms with Crippen molar-refractivity contribution in [3.05, 3.63) is 0 Å². The van der Waals surface area contributed by atoms with Gasteiger partial charge in [0.2, 0.25) is 0 Å². The van der Waals surface area contributed by atoms with Gasteiger partial charge in [-0.1, -0.05) is 71.2 Å². The summed E-state index contributed by atoms with van der Waals surface area (Å²) in [4.78, 5) is 7.26. The average molecular weight is 446 g/mol. The van der Waals surface area contributed by atoms with Gasteiger partial charge in [-0.05, 0) is 95.5 Å². The van der Waals surface area contributed by atoms with Gasteiger partial charge in [-0.3, -0.25) is 0 Å². The molecule has 0 saturated carbocycles. The highest BCUT2D eigenvalue weighted by atomic mass is 15.1. The van der Waals surface area contributed by atoms with E-state index in [4.69, 9.17) is 0 Å². The number of nitrogens with zero attached hydrogens (tertiary/aromatic N) is 3. The summed E-state index contributed by atoms with van der Waals surface area (Å²) >= 11 is 0. The van der Waals surface area contributed by atoms with Crippen LogP contribution in [0.4, 0.5) is 0 Å². The lowest BCUT2D eigenvalue weighted by Crippen LogP contribution is -2.16. The Balaban J connectivity index is -0.000000166. The smallest absolute Gasteiger partial charge is 0.000953 e. The maximum Gasteiger partial charge on any atom is 0.000953 e. The second kappa shape index (κ2) is 19.4. The van der Waals surface area contributed by atoms with Gasteiger partial charge in [-0.25, -0.2) is 0 Å². The molecule has 3 rings (SSSR count). The van der Waals surface area contributed by atoms with Crippen LogP contribution in [0.25, 0.3) is 0 Å². The molecule has 3 heteroatoms. The van der Waals surface area contributed by atoms with Crippen molar-refractivity contribution < 1.29 is 0 Å². The molecule has 0 amide bonds. The quantitative estimate of drug-likeness (QED) is 0.450. The van der Waals surface area contributed by atoms with Crippen LogP contribution < -0.4 is 0 Å². The van der Waals surface area contributed by atoms with E-state index in [1.165, 1.54) is 58.5 Å². The molecule has 0 bridgehead atoms. The van der Waals surface area contributed by atoms with E-state index >= 15 is 0 Å². The van der Waals surface area contributed by atoms with Gasteiger partial charge in [-0.15, -0.1) is 0 Å². The third kappa shape index (κ3) is 15.4. The first kappa shape index (κ1) is 38.2. The molecule has 0 aliphatic carbocycles. The van der Waals surface area contributed by atoms with Gasteiger partial charge >= 0.3 is 0 Å². The Morgan fingerprint density at radius 2 is 0.645 bits per heavy atom. The van der Waals surface area contributed by atoms with Crippen LogP contribution in [-0.2, 0) is 0 Å². The highest BCUT2D eigenvalue weighted by Crippen LogP contribution is 2.23. The molecule has 0 radical (unpaired) electrons. The van der Waals surface area contributed by atoms with Gasteiger partial charge in [0, 0.05) is 19.6 Å². The molecule has 3 nitrogen and oxygen atoms in total. The van der Waals surface area contributed by atoms with Crippen LogP contribution in [0.3, 0.4) is 0 Å². The van der Waals surface area contributed by atoms with Crippen LogP contribution in [0.1, 0.15) is 90.5 Å². The van der Waals surface area contributed by atoms with Gasteiger partial charge in [0.1, 0.15) is 0 Å². The first-order valence-electron chi connectivity index (χ1n) is 11.7. The van der Waals surface area contributed by atoms with Gasteiger partial charge in [0.25, 0.3) is 0 Å². The minimum Gasteiger partial charge on any atom is -0.306 e. The van der Waals surface area contributed by atoms with Crippen molar-refractivity contribution in [3.8, 4) is 0 Å². The minimum atomic E-state index is 0. The molecule has 3 heterocycles. The molecule has 3 aliphatic heterocycles. The summed E-state index contributed by atoms with van der Waals surface area (Å²) in [6.45, 7) is 21.8. The third-order valence-corrected chi connectivity index (χ3v) is 7.11. The zero-order chi connectivity index (χ0) is 20.6. The third-order valence-electron chi connectivity index (χ3n) is 7.11. The van der Waals surface area contributed by atoms with Crippen LogP contribution in [0.15, 0.2) is 0 Å². The molecule has 3 aliphatic rings. The second-order valence-electron chi connectivity index (χ2n) is 10.7. The molecule has 0 aromatic rings. The van der Waals surface area contributed by atoms with E-state index in [-0.39, 0.29) is 29.7 Å². The Hall–Kier alpha value is -0.120. The fraction of sp³-hybridized carbons (Fsp3) is 1.00. The van der Waals surface area contributed by atoms with Gasteiger partial charge in [-0.2, -0.15) is 0 Å². The van der Waals surface area contributed by atoms with E-state index in [9.17, 15) is 0 Å². The van der Waals surface area contributed by atoms with Gasteiger partial charge in [0.05, 0.1) is 0 Å². The molecule has 0 aromatic heterocycles.